The zero-order chi connectivity index (χ0) is 10.8. The van der Waals surface area contributed by atoms with E-state index in [1.807, 2.05) is 36.7 Å². The Kier molecular flexibility index (Phi) is 2.91. The summed E-state index contributed by atoms with van der Waals surface area (Å²) >= 11 is 0. The molecule has 0 aromatic carbocycles. The summed E-state index contributed by atoms with van der Waals surface area (Å²) in [5.74, 6) is 0. The maximum absolute atomic E-state index is 6.00. The molecule has 0 unspecified atom stereocenters. The molecule has 3 nitrogen and oxygen atoms in total. The first-order valence-electron chi connectivity index (χ1n) is 4.56. The van der Waals surface area contributed by atoms with Crippen LogP contribution in [0.1, 0.15) is 19.4 Å². The highest BCUT2D eigenvalue weighted by Gasteiger charge is 2.13. The second-order valence-electron chi connectivity index (χ2n) is 3.81. The number of hydrogen-bond donors (Lipinski definition) is 1. The first kappa shape index (κ1) is 10.7. The molecule has 14 heavy (non-hydrogen) atoms. The molecule has 0 aliphatic carbocycles. The molecular weight excluding hydrogens is 174 g/mol. The van der Waals surface area contributed by atoms with Crippen LogP contribution in [-0.2, 0) is 5.54 Å². The van der Waals surface area contributed by atoms with Crippen LogP contribution in [0.5, 0.6) is 0 Å². The van der Waals surface area contributed by atoms with Crippen molar-refractivity contribution in [1.82, 2.24) is 4.57 Å². The van der Waals surface area contributed by atoms with Crippen molar-refractivity contribution in [3.63, 3.8) is 0 Å². The lowest BCUT2D eigenvalue weighted by Gasteiger charge is -2.19. The zero-order valence-corrected chi connectivity index (χ0v) is 8.99. The second kappa shape index (κ2) is 3.80. The Morgan fingerprint density at radius 2 is 2.21 bits per heavy atom. The van der Waals surface area contributed by atoms with Crippen LogP contribution in [0.4, 0.5) is 0 Å². The Morgan fingerprint density at radius 3 is 2.64 bits per heavy atom. The third-order valence-electron chi connectivity index (χ3n) is 2.13. The van der Waals surface area contributed by atoms with E-state index in [4.69, 9.17) is 5.73 Å². The van der Waals surface area contributed by atoms with Gasteiger partial charge in [0.25, 0.3) is 0 Å². The van der Waals surface area contributed by atoms with Crippen molar-refractivity contribution in [1.29, 1.82) is 0 Å². The van der Waals surface area contributed by atoms with Gasteiger partial charge in [-0.05, 0) is 31.5 Å². The molecule has 76 valence electrons. The largest absolute Gasteiger partial charge is 0.322 e. The molecule has 1 rings (SSSR count). The number of rotatable bonds is 2. The summed E-state index contributed by atoms with van der Waals surface area (Å²) in [4.78, 5) is 4.15. The lowest BCUT2D eigenvalue weighted by molar-refractivity contribution is 0.551. The minimum absolute atomic E-state index is 0.334. The molecular formula is C11H17N3. The van der Waals surface area contributed by atoms with Crippen molar-refractivity contribution < 1.29 is 0 Å². The lowest BCUT2D eigenvalue weighted by atomic mass is 9.97. The summed E-state index contributed by atoms with van der Waals surface area (Å²) in [6, 6.07) is 3.96. The number of aromatic nitrogens is 1. The van der Waals surface area contributed by atoms with E-state index in [-0.39, 0.29) is 5.54 Å². The minimum atomic E-state index is -0.334. The molecule has 1 heterocycles. The summed E-state index contributed by atoms with van der Waals surface area (Å²) in [7, 11) is 1.75. The average molecular weight is 191 g/mol. The highest BCUT2D eigenvalue weighted by molar-refractivity contribution is 5.24. The molecule has 0 saturated carbocycles. The number of nitrogens with two attached hydrogens (primary N) is 1. The smallest absolute Gasteiger partial charge is 0.131 e. The van der Waals surface area contributed by atoms with Crippen LogP contribution in [0.2, 0.25) is 0 Å². The Bertz CT molecular complexity index is 394. The lowest BCUT2D eigenvalue weighted by Crippen LogP contribution is -2.31. The second-order valence-corrected chi connectivity index (χ2v) is 3.81. The topological polar surface area (TPSA) is 43.3 Å². The van der Waals surface area contributed by atoms with E-state index in [2.05, 4.69) is 11.6 Å². The van der Waals surface area contributed by atoms with E-state index in [0.29, 0.717) is 0 Å². The van der Waals surface area contributed by atoms with Gasteiger partial charge in [-0.15, -0.1) is 0 Å². The summed E-state index contributed by atoms with van der Waals surface area (Å²) in [6.45, 7) is 7.65. The quantitative estimate of drug-likeness (QED) is 0.752. The van der Waals surface area contributed by atoms with Crippen LogP contribution in [-0.4, -0.2) is 11.6 Å². The van der Waals surface area contributed by atoms with Crippen molar-refractivity contribution >= 4 is 6.20 Å². The molecule has 0 radical (unpaired) electrons. The van der Waals surface area contributed by atoms with Gasteiger partial charge in [0.1, 0.15) is 5.49 Å². The minimum Gasteiger partial charge on any atom is -0.322 e. The van der Waals surface area contributed by atoms with Gasteiger partial charge < -0.3 is 10.3 Å². The predicted molar refractivity (Wildman–Crippen MR) is 59.5 cm³/mol. The first-order valence-corrected chi connectivity index (χ1v) is 4.56. The fourth-order valence-electron chi connectivity index (χ4n) is 1.23. The fourth-order valence-corrected chi connectivity index (χ4v) is 1.23. The van der Waals surface area contributed by atoms with E-state index < -0.39 is 0 Å². The zero-order valence-electron chi connectivity index (χ0n) is 8.99. The summed E-state index contributed by atoms with van der Waals surface area (Å²) in [6.07, 6.45) is 3.63. The van der Waals surface area contributed by atoms with Crippen molar-refractivity contribution in [2.24, 2.45) is 10.7 Å². The van der Waals surface area contributed by atoms with Gasteiger partial charge in [-0.1, -0.05) is 6.58 Å². The van der Waals surface area contributed by atoms with Crippen molar-refractivity contribution in [2.45, 2.75) is 19.4 Å². The molecule has 0 amide bonds. The van der Waals surface area contributed by atoms with Crippen LogP contribution in [0, 0.1) is 0 Å². The predicted octanol–water partition coefficient (Wildman–Crippen LogP) is 1.31. The van der Waals surface area contributed by atoms with Gasteiger partial charge in [-0.25, -0.2) is 0 Å². The molecule has 0 spiro atoms. The van der Waals surface area contributed by atoms with Crippen molar-refractivity contribution in [3.05, 3.63) is 36.0 Å². The molecule has 1 aromatic heterocycles. The average Bonchev–Trinajstić information content (AvgIpc) is 2.15. The number of hydrogen-bond acceptors (Lipinski definition) is 2. The number of nitrogens with zero attached hydrogens (tertiary/aromatic N) is 2. The highest BCUT2D eigenvalue weighted by Crippen LogP contribution is 2.13. The maximum atomic E-state index is 6.00. The van der Waals surface area contributed by atoms with Crippen LogP contribution in [0.15, 0.2) is 29.9 Å². The van der Waals surface area contributed by atoms with Gasteiger partial charge in [-0.3, -0.25) is 4.99 Å². The summed E-state index contributed by atoms with van der Waals surface area (Å²) in [5.41, 5.74) is 7.58. The molecule has 1 aromatic rings. The fraction of sp³-hybridized carbons (Fsp3) is 0.364. The standard InChI is InChI=1S/C11H17N3/c1-5-14-7-6-9(11(2,3)12)8-10(14)13-4/h5-8H,1,12H2,2-4H3. The molecule has 2 N–H and O–H groups in total. The molecule has 0 fully saturated rings. The van der Waals surface area contributed by atoms with E-state index >= 15 is 0 Å². The van der Waals surface area contributed by atoms with Gasteiger partial charge in [0.05, 0.1) is 0 Å². The SMILES string of the molecule is C=Cn1ccc(C(C)(C)N)cc1=NC. The van der Waals surface area contributed by atoms with E-state index in [1.165, 1.54) is 0 Å². The van der Waals surface area contributed by atoms with Crippen LogP contribution in [0.3, 0.4) is 0 Å². The van der Waals surface area contributed by atoms with Gasteiger partial charge in [0, 0.05) is 25.0 Å². The summed E-state index contributed by atoms with van der Waals surface area (Å²) < 4.78 is 1.86. The third-order valence-corrected chi connectivity index (χ3v) is 2.13. The first-order chi connectivity index (χ1) is 6.49. The van der Waals surface area contributed by atoms with Crippen LogP contribution in [0.25, 0.3) is 6.20 Å². The van der Waals surface area contributed by atoms with Crippen LogP contribution < -0.4 is 11.2 Å². The van der Waals surface area contributed by atoms with Crippen molar-refractivity contribution in [3.8, 4) is 0 Å². The molecule has 0 aliphatic heterocycles. The summed E-state index contributed by atoms with van der Waals surface area (Å²) in [5, 5.41) is 0. The molecule has 0 atom stereocenters. The van der Waals surface area contributed by atoms with E-state index in [0.717, 1.165) is 11.1 Å². The normalized spacial score (nSPS) is 13.0. The van der Waals surface area contributed by atoms with Crippen molar-refractivity contribution in [2.75, 3.05) is 7.05 Å². The van der Waals surface area contributed by atoms with Gasteiger partial charge in [0.2, 0.25) is 0 Å². The maximum Gasteiger partial charge on any atom is 0.131 e. The molecule has 0 bridgehead atoms. The molecule has 3 heteroatoms. The Balaban J connectivity index is 3.36. The molecule has 0 saturated heterocycles. The van der Waals surface area contributed by atoms with Gasteiger partial charge >= 0.3 is 0 Å². The number of pyridine rings is 1. The van der Waals surface area contributed by atoms with E-state index in [1.54, 1.807) is 13.2 Å². The van der Waals surface area contributed by atoms with E-state index in [9.17, 15) is 0 Å². The molecule has 0 aliphatic rings. The highest BCUT2D eigenvalue weighted by atomic mass is 15.0. The Morgan fingerprint density at radius 1 is 1.57 bits per heavy atom. The Labute approximate surface area is 84.6 Å². The van der Waals surface area contributed by atoms with Crippen LogP contribution >= 0.6 is 0 Å². The van der Waals surface area contributed by atoms with Gasteiger partial charge in [-0.2, -0.15) is 0 Å². The monoisotopic (exact) mass is 191 g/mol. The Hall–Kier alpha value is -1.35. The third kappa shape index (κ3) is 2.12. The van der Waals surface area contributed by atoms with Gasteiger partial charge in [0.15, 0.2) is 0 Å².